The van der Waals surface area contributed by atoms with Crippen LogP contribution in [0.25, 0.3) is 0 Å². The lowest BCUT2D eigenvalue weighted by Gasteiger charge is -2.31. The van der Waals surface area contributed by atoms with Gasteiger partial charge in [0.05, 0.1) is 6.04 Å². The van der Waals surface area contributed by atoms with Crippen LogP contribution in [0.15, 0.2) is 22.7 Å². The Morgan fingerprint density at radius 2 is 2.05 bits per heavy atom. The third-order valence-corrected chi connectivity index (χ3v) is 3.27. The summed E-state index contributed by atoms with van der Waals surface area (Å²) in [5.41, 5.74) is 0.153. The molecule has 0 spiro atoms. The largest absolute Gasteiger partial charge is 0.490 e. The SMILES string of the molecule is CC.CC(C)(C)OC(=O)NC1c2ccc(Br)cc2OCC1O. The van der Waals surface area contributed by atoms with Crippen molar-refractivity contribution < 1.29 is 19.4 Å². The fraction of sp³-hybridized carbons (Fsp3) is 0.562. The Morgan fingerprint density at radius 3 is 2.64 bits per heavy atom. The van der Waals surface area contributed by atoms with Crippen molar-refractivity contribution in [2.45, 2.75) is 52.4 Å². The maximum absolute atomic E-state index is 11.9. The number of ether oxygens (including phenoxy) is 2. The van der Waals surface area contributed by atoms with Crippen LogP contribution in [0.4, 0.5) is 4.79 Å². The topological polar surface area (TPSA) is 67.8 Å². The molecule has 2 rings (SSSR count). The zero-order valence-corrected chi connectivity index (χ0v) is 15.2. The summed E-state index contributed by atoms with van der Waals surface area (Å²) >= 11 is 3.36. The fourth-order valence-electron chi connectivity index (χ4n) is 1.98. The molecule has 1 amide bonds. The van der Waals surface area contributed by atoms with Crippen molar-refractivity contribution in [2.24, 2.45) is 0 Å². The number of hydrogen-bond donors (Lipinski definition) is 2. The molecule has 1 aromatic rings. The Morgan fingerprint density at radius 1 is 1.41 bits per heavy atom. The Balaban J connectivity index is 0.00000116. The van der Waals surface area contributed by atoms with Gasteiger partial charge in [-0.15, -0.1) is 0 Å². The number of alkyl carbamates (subject to hydrolysis) is 1. The van der Waals surface area contributed by atoms with Crippen LogP contribution in [0.5, 0.6) is 5.75 Å². The van der Waals surface area contributed by atoms with Gasteiger partial charge in [0.15, 0.2) is 0 Å². The Labute approximate surface area is 140 Å². The minimum Gasteiger partial charge on any atom is -0.490 e. The summed E-state index contributed by atoms with van der Waals surface area (Å²) in [7, 11) is 0. The van der Waals surface area contributed by atoms with Gasteiger partial charge in [-0.3, -0.25) is 0 Å². The molecular formula is C16H24BrNO4. The molecule has 2 unspecified atom stereocenters. The number of rotatable bonds is 1. The second kappa shape index (κ2) is 7.83. The summed E-state index contributed by atoms with van der Waals surface area (Å²) in [4.78, 5) is 11.9. The predicted molar refractivity (Wildman–Crippen MR) is 89.1 cm³/mol. The Bertz CT molecular complexity index is 513. The van der Waals surface area contributed by atoms with Gasteiger partial charge in [-0.25, -0.2) is 4.79 Å². The predicted octanol–water partition coefficient (Wildman–Crippen LogP) is 3.79. The van der Waals surface area contributed by atoms with E-state index in [0.717, 1.165) is 10.0 Å². The van der Waals surface area contributed by atoms with Crippen LogP contribution in [-0.2, 0) is 4.74 Å². The quantitative estimate of drug-likeness (QED) is 0.785. The number of nitrogens with one attached hydrogen (secondary N) is 1. The van der Waals surface area contributed by atoms with Crippen molar-refractivity contribution in [2.75, 3.05) is 6.61 Å². The highest BCUT2D eigenvalue weighted by Crippen LogP contribution is 2.34. The summed E-state index contributed by atoms with van der Waals surface area (Å²) < 4.78 is 11.6. The molecule has 1 heterocycles. The molecule has 0 bridgehead atoms. The lowest BCUT2D eigenvalue weighted by atomic mass is 9.98. The molecular weight excluding hydrogens is 350 g/mol. The van der Waals surface area contributed by atoms with E-state index in [-0.39, 0.29) is 6.61 Å². The van der Waals surface area contributed by atoms with Crippen molar-refractivity contribution in [3.63, 3.8) is 0 Å². The Hall–Kier alpha value is -1.27. The molecule has 22 heavy (non-hydrogen) atoms. The van der Waals surface area contributed by atoms with Gasteiger partial charge in [-0.05, 0) is 32.9 Å². The van der Waals surface area contributed by atoms with E-state index in [4.69, 9.17) is 9.47 Å². The molecule has 5 nitrogen and oxygen atoms in total. The second-order valence-electron chi connectivity index (χ2n) is 5.68. The molecule has 6 heteroatoms. The molecule has 1 aromatic carbocycles. The van der Waals surface area contributed by atoms with E-state index >= 15 is 0 Å². The summed E-state index contributed by atoms with van der Waals surface area (Å²) in [5, 5.41) is 12.7. The van der Waals surface area contributed by atoms with Crippen LogP contribution in [0, 0.1) is 0 Å². The monoisotopic (exact) mass is 373 g/mol. The van der Waals surface area contributed by atoms with Gasteiger partial charge in [0.25, 0.3) is 0 Å². The van der Waals surface area contributed by atoms with Gasteiger partial charge in [-0.1, -0.05) is 35.8 Å². The van der Waals surface area contributed by atoms with Gasteiger partial charge in [0, 0.05) is 10.0 Å². The second-order valence-corrected chi connectivity index (χ2v) is 6.60. The van der Waals surface area contributed by atoms with Gasteiger partial charge >= 0.3 is 6.09 Å². The van der Waals surface area contributed by atoms with Crippen LogP contribution < -0.4 is 10.1 Å². The molecule has 0 aromatic heterocycles. The number of amides is 1. The summed E-state index contributed by atoms with van der Waals surface area (Å²) in [6, 6.07) is 4.92. The molecule has 0 saturated carbocycles. The molecule has 1 aliphatic rings. The molecule has 1 aliphatic heterocycles. The summed E-state index contributed by atoms with van der Waals surface area (Å²) in [6.07, 6.45) is -1.37. The molecule has 2 N–H and O–H groups in total. The van der Waals surface area contributed by atoms with Gasteiger partial charge in [0.2, 0.25) is 0 Å². The van der Waals surface area contributed by atoms with Crippen molar-refractivity contribution in [3.05, 3.63) is 28.2 Å². The molecule has 0 radical (unpaired) electrons. The highest BCUT2D eigenvalue weighted by Gasteiger charge is 2.32. The molecule has 0 saturated heterocycles. The first-order valence-corrected chi connectivity index (χ1v) is 8.15. The van der Waals surface area contributed by atoms with Crippen LogP contribution in [0.1, 0.15) is 46.2 Å². The minimum atomic E-state index is -0.809. The van der Waals surface area contributed by atoms with E-state index in [0.29, 0.717) is 5.75 Å². The minimum absolute atomic E-state index is 0.129. The maximum Gasteiger partial charge on any atom is 0.408 e. The van der Waals surface area contributed by atoms with Crippen LogP contribution in [0.2, 0.25) is 0 Å². The average molecular weight is 374 g/mol. The first-order valence-electron chi connectivity index (χ1n) is 7.36. The van der Waals surface area contributed by atoms with Crippen molar-refractivity contribution in [1.29, 1.82) is 0 Å². The number of carbonyl (C=O) groups is 1. The van der Waals surface area contributed by atoms with E-state index in [2.05, 4.69) is 21.2 Å². The number of aliphatic hydroxyl groups is 1. The zero-order chi connectivity index (χ0) is 16.9. The van der Waals surface area contributed by atoms with Gasteiger partial charge in [0.1, 0.15) is 24.1 Å². The van der Waals surface area contributed by atoms with Crippen LogP contribution in [-0.4, -0.2) is 29.5 Å². The average Bonchev–Trinajstić information content (AvgIpc) is 2.42. The highest BCUT2D eigenvalue weighted by molar-refractivity contribution is 9.10. The first kappa shape index (κ1) is 18.8. The number of fused-ring (bicyclic) bond motifs is 1. The number of carbonyl (C=O) groups excluding carboxylic acids is 1. The normalized spacial score (nSPS) is 20.0. The first-order chi connectivity index (χ1) is 10.3. The zero-order valence-electron chi connectivity index (χ0n) is 13.6. The lowest BCUT2D eigenvalue weighted by molar-refractivity contribution is 0.0276. The number of aliphatic hydroxyl groups excluding tert-OH is 1. The third kappa shape index (κ3) is 5.18. The number of halogens is 1. The third-order valence-electron chi connectivity index (χ3n) is 2.78. The van der Waals surface area contributed by atoms with Gasteiger partial charge < -0.3 is 19.9 Å². The van der Waals surface area contributed by atoms with Crippen molar-refractivity contribution in [1.82, 2.24) is 5.32 Å². The van der Waals surface area contributed by atoms with Crippen LogP contribution in [0.3, 0.4) is 0 Å². The molecule has 0 aliphatic carbocycles. The maximum atomic E-state index is 11.9. The Kier molecular flexibility index (Phi) is 6.68. The summed E-state index contributed by atoms with van der Waals surface area (Å²) in [5.74, 6) is 0.644. The number of benzene rings is 1. The number of hydrogen-bond acceptors (Lipinski definition) is 4. The van der Waals surface area contributed by atoms with Crippen molar-refractivity contribution >= 4 is 22.0 Å². The molecule has 2 atom stereocenters. The standard InChI is InChI=1S/C14H18BrNO4.C2H6/c1-14(2,3)20-13(18)16-12-9-5-4-8(15)6-11(9)19-7-10(12)17;1-2/h4-6,10,12,17H,7H2,1-3H3,(H,16,18);1-2H3. The van der Waals surface area contributed by atoms with E-state index in [9.17, 15) is 9.90 Å². The van der Waals surface area contributed by atoms with E-state index < -0.39 is 23.8 Å². The molecule has 0 fully saturated rings. The van der Waals surface area contributed by atoms with Crippen molar-refractivity contribution in [3.8, 4) is 5.75 Å². The van der Waals surface area contributed by atoms with Crippen LogP contribution >= 0.6 is 15.9 Å². The molecule has 124 valence electrons. The summed E-state index contributed by atoms with van der Waals surface area (Å²) in [6.45, 7) is 9.50. The fourth-order valence-corrected chi connectivity index (χ4v) is 2.32. The highest BCUT2D eigenvalue weighted by atomic mass is 79.9. The van der Waals surface area contributed by atoms with E-state index in [1.54, 1.807) is 20.8 Å². The van der Waals surface area contributed by atoms with E-state index in [1.165, 1.54) is 0 Å². The lowest BCUT2D eigenvalue weighted by Crippen LogP contribution is -2.43. The smallest absolute Gasteiger partial charge is 0.408 e. The van der Waals surface area contributed by atoms with E-state index in [1.807, 2.05) is 32.0 Å². The van der Waals surface area contributed by atoms with Gasteiger partial charge in [-0.2, -0.15) is 0 Å².